The van der Waals surface area contributed by atoms with E-state index in [2.05, 4.69) is 20.1 Å². The number of hydrogen-bond acceptors (Lipinski definition) is 9. The number of phenols is 1. The van der Waals surface area contributed by atoms with Gasteiger partial charge in [0.2, 0.25) is 5.88 Å². The number of piperazine rings is 1. The fourth-order valence-electron chi connectivity index (χ4n) is 8.35. The smallest absolute Gasteiger partial charge is 0.319 e. The Hall–Kier alpha value is -3.54. The Morgan fingerprint density at radius 2 is 2.05 bits per heavy atom. The van der Waals surface area contributed by atoms with Crippen LogP contribution in [0, 0.1) is 5.82 Å². The fourth-order valence-corrected chi connectivity index (χ4v) is 8.63. The van der Waals surface area contributed by atoms with Crippen molar-refractivity contribution >= 4 is 39.1 Å². The highest BCUT2D eigenvalue weighted by Gasteiger charge is 2.50. The highest BCUT2D eigenvalue weighted by atomic mass is 35.5. The van der Waals surface area contributed by atoms with Crippen LogP contribution in [0.4, 0.5) is 14.6 Å². The van der Waals surface area contributed by atoms with Gasteiger partial charge in [0.15, 0.2) is 5.82 Å². The van der Waals surface area contributed by atoms with E-state index in [-0.39, 0.29) is 47.5 Å². The Bertz CT molecular complexity index is 1850. The van der Waals surface area contributed by atoms with Crippen LogP contribution in [0.15, 0.2) is 30.3 Å². The first-order valence-electron chi connectivity index (χ1n) is 15.4. The number of pyridine rings is 1. The van der Waals surface area contributed by atoms with Crippen LogP contribution in [0.3, 0.4) is 0 Å². The lowest BCUT2D eigenvalue weighted by Crippen LogP contribution is -2.60. The third-order valence-electron chi connectivity index (χ3n) is 10.4. The number of aromatic nitrogens is 3. The van der Waals surface area contributed by atoms with Crippen molar-refractivity contribution in [2.24, 2.45) is 0 Å². The molecule has 5 atom stereocenters. The van der Waals surface area contributed by atoms with Crippen LogP contribution in [-0.2, 0) is 0 Å². The lowest BCUT2D eigenvalue weighted by Gasteiger charge is -2.40. The van der Waals surface area contributed by atoms with E-state index in [1.807, 2.05) is 0 Å². The highest BCUT2D eigenvalue weighted by molar-refractivity contribution is 6.37. The number of benzene rings is 2. The number of hydrogen-bond donors (Lipinski definition) is 2. The molecule has 228 valence electrons. The van der Waals surface area contributed by atoms with Crippen molar-refractivity contribution < 1.29 is 23.4 Å². The molecular formula is C32H31ClF2N6O3. The van der Waals surface area contributed by atoms with E-state index in [1.165, 1.54) is 6.07 Å². The minimum absolute atomic E-state index is 0.0114. The zero-order valence-electron chi connectivity index (χ0n) is 23.9. The molecule has 0 radical (unpaired) electrons. The van der Waals surface area contributed by atoms with E-state index >= 15 is 4.39 Å². The van der Waals surface area contributed by atoms with Crippen LogP contribution in [0.1, 0.15) is 32.1 Å². The Morgan fingerprint density at radius 3 is 2.95 bits per heavy atom. The van der Waals surface area contributed by atoms with Crippen LogP contribution in [0.2, 0.25) is 5.02 Å². The van der Waals surface area contributed by atoms with Crippen molar-refractivity contribution in [3.63, 3.8) is 0 Å². The second kappa shape index (κ2) is 9.73. The Morgan fingerprint density at radius 1 is 1.14 bits per heavy atom. The number of aromatic hydroxyl groups is 1. The summed E-state index contributed by atoms with van der Waals surface area (Å²) >= 11 is 6.61. The number of halogens is 3. The molecule has 2 aromatic carbocycles. The summed E-state index contributed by atoms with van der Waals surface area (Å²) in [4.78, 5) is 18.6. The van der Waals surface area contributed by atoms with Crippen molar-refractivity contribution in [1.29, 1.82) is 0 Å². The van der Waals surface area contributed by atoms with Crippen molar-refractivity contribution in [1.82, 2.24) is 25.2 Å². The average molecular weight is 621 g/mol. The maximum atomic E-state index is 16.9. The largest absolute Gasteiger partial charge is 0.507 e. The summed E-state index contributed by atoms with van der Waals surface area (Å²) in [5.41, 5.74) is 0.0617. The molecule has 3 unspecified atom stereocenters. The summed E-state index contributed by atoms with van der Waals surface area (Å²) < 4.78 is 44.0. The van der Waals surface area contributed by atoms with Crippen LogP contribution in [0.5, 0.6) is 17.6 Å². The number of fused-ring (bicyclic) bond motifs is 7. The summed E-state index contributed by atoms with van der Waals surface area (Å²) in [6.07, 6.45) is 3.40. The monoisotopic (exact) mass is 620 g/mol. The first-order chi connectivity index (χ1) is 21.4. The Labute approximate surface area is 257 Å². The predicted octanol–water partition coefficient (Wildman–Crippen LogP) is 5.00. The molecule has 9 rings (SSSR count). The molecule has 4 saturated heterocycles. The lowest BCUT2D eigenvalue weighted by molar-refractivity contribution is 0.107. The van der Waals surface area contributed by atoms with Gasteiger partial charge in [-0.25, -0.2) is 13.8 Å². The lowest BCUT2D eigenvalue weighted by atomic mass is 9.95. The summed E-state index contributed by atoms with van der Waals surface area (Å²) in [5.74, 6) is 0.162. The fraction of sp³-hybridized carbons (Fsp3) is 0.469. The van der Waals surface area contributed by atoms with Gasteiger partial charge in [0.1, 0.15) is 47.5 Å². The molecule has 4 fully saturated rings. The molecule has 0 saturated carbocycles. The second-order valence-corrected chi connectivity index (χ2v) is 13.3. The quantitative estimate of drug-likeness (QED) is 0.327. The van der Waals surface area contributed by atoms with Crippen molar-refractivity contribution in [2.45, 2.75) is 61.9 Å². The normalized spacial score (nSPS) is 29.1. The van der Waals surface area contributed by atoms with E-state index < -0.39 is 17.5 Å². The molecular weight excluding hydrogens is 590 g/mol. The Kier molecular flexibility index (Phi) is 5.93. The minimum Gasteiger partial charge on any atom is -0.507 e. The van der Waals surface area contributed by atoms with E-state index in [0.29, 0.717) is 64.7 Å². The van der Waals surface area contributed by atoms with E-state index in [1.54, 1.807) is 24.3 Å². The molecule has 0 aliphatic carbocycles. The van der Waals surface area contributed by atoms with Crippen molar-refractivity contribution in [3.8, 4) is 28.9 Å². The summed E-state index contributed by atoms with van der Waals surface area (Å²) in [6, 6.07) is 8.79. The third kappa shape index (κ3) is 3.91. The van der Waals surface area contributed by atoms with Gasteiger partial charge in [-0.3, -0.25) is 4.90 Å². The molecule has 5 aliphatic heterocycles. The number of alkyl halides is 1. The molecule has 2 N–H and O–H groups in total. The number of nitrogens with zero attached hydrogens (tertiary/aromatic N) is 5. The van der Waals surface area contributed by atoms with Crippen molar-refractivity contribution in [2.75, 3.05) is 37.7 Å². The van der Waals surface area contributed by atoms with Gasteiger partial charge in [-0.15, -0.1) is 0 Å². The average Bonchev–Trinajstić information content (AvgIpc) is 3.65. The summed E-state index contributed by atoms with van der Waals surface area (Å²) in [5, 5.41) is 16.0. The third-order valence-corrected chi connectivity index (χ3v) is 10.7. The molecule has 2 aromatic heterocycles. The molecule has 5 aliphatic rings. The van der Waals surface area contributed by atoms with E-state index in [0.717, 1.165) is 32.2 Å². The standard InChI is InChI=1S/C32H31ClF2N6O3/c33-20-4-1-3-18-23(42)8-6-19(24(18)20)27-26(35)28-25-29(41-13-17-5-7-21(36-17)22(41)14-43-30(25)37-27)39-31(38-28)44-15-32-9-2-10-40(32)12-16(34)11-32/h1,3-4,6,8,16-17,21-22,36,42H,2,5,7,9-15H2/t16-,17?,21?,22?,32+/m1/s1. The highest BCUT2D eigenvalue weighted by Crippen LogP contribution is 2.46. The van der Waals surface area contributed by atoms with Gasteiger partial charge in [-0.05, 0) is 50.4 Å². The predicted molar refractivity (Wildman–Crippen MR) is 162 cm³/mol. The van der Waals surface area contributed by atoms with Gasteiger partial charge < -0.3 is 24.8 Å². The first kappa shape index (κ1) is 26.8. The van der Waals surface area contributed by atoms with Crippen LogP contribution in [-0.4, -0.2) is 87.6 Å². The molecule has 9 nitrogen and oxygen atoms in total. The number of ether oxygens (including phenoxy) is 2. The van der Waals surface area contributed by atoms with Crippen LogP contribution >= 0.6 is 11.6 Å². The van der Waals surface area contributed by atoms with Crippen LogP contribution in [0.25, 0.3) is 32.9 Å². The van der Waals surface area contributed by atoms with Gasteiger partial charge >= 0.3 is 6.01 Å². The van der Waals surface area contributed by atoms with Crippen molar-refractivity contribution in [3.05, 3.63) is 41.2 Å². The first-order valence-corrected chi connectivity index (χ1v) is 15.8. The van der Waals surface area contributed by atoms with E-state index in [4.69, 9.17) is 31.0 Å². The van der Waals surface area contributed by atoms with Gasteiger partial charge in [0.05, 0.1) is 11.6 Å². The van der Waals surface area contributed by atoms with Gasteiger partial charge in [0, 0.05) is 53.0 Å². The molecule has 44 heavy (non-hydrogen) atoms. The zero-order valence-corrected chi connectivity index (χ0v) is 24.7. The molecule has 0 amide bonds. The topological polar surface area (TPSA) is 95.9 Å². The molecule has 4 aromatic rings. The maximum absolute atomic E-state index is 16.9. The number of anilines is 1. The zero-order chi connectivity index (χ0) is 29.7. The maximum Gasteiger partial charge on any atom is 0.319 e. The Balaban J connectivity index is 1.23. The second-order valence-electron chi connectivity index (χ2n) is 12.9. The number of rotatable bonds is 4. The van der Waals surface area contributed by atoms with Crippen LogP contribution < -0.4 is 19.7 Å². The minimum atomic E-state index is -0.893. The molecule has 0 spiro atoms. The summed E-state index contributed by atoms with van der Waals surface area (Å²) in [6.45, 7) is 2.52. The van der Waals surface area contributed by atoms with Gasteiger partial charge in [-0.2, -0.15) is 9.97 Å². The molecule has 12 heteroatoms. The SMILES string of the molecule is Oc1ccc(-c2nc3c4c(nc(OC[C@@]56CCCN5C[C@H](F)C6)nc4c2F)N2CC4CCC(N4)C2CO3)c2c(Cl)cccc12. The molecule has 2 bridgehead atoms. The van der Waals surface area contributed by atoms with Gasteiger partial charge in [0.25, 0.3) is 0 Å². The number of nitrogens with one attached hydrogen (secondary N) is 1. The summed E-state index contributed by atoms with van der Waals surface area (Å²) in [7, 11) is 0. The van der Waals surface area contributed by atoms with Gasteiger partial charge in [-0.1, -0.05) is 23.7 Å². The number of phenolic OH excluding ortho intramolecular Hbond substituents is 1. The molecule has 7 heterocycles. The van der Waals surface area contributed by atoms with E-state index in [9.17, 15) is 9.50 Å².